The van der Waals surface area contributed by atoms with Crippen LogP contribution in [-0.2, 0) is 15.7 Å². The molecule has 12 heteroatoms. The summed E-state index contributed by atoms with van der Waals surface area (Å²) in [5, 5.41) is 10.7. The molecule has 37 heavy (non-hydrogen) atoms. The summed E-state index contributed by atoms with van der Waals surface area (Å²) in [5.74, 6) is 0.999. The number of morpholine rings is 1. The first-order valence-corrected chi connectivity index (χ1v) is 13.0. The minimum Gasteiger partial charge on any atom is -0.377 e. The van der Waals surface area contributed by atoms with Crippen molar-refractivity contribution in [3.63, 3.8) is 0 Å². The Morgan fingerprint density at radius 1 is 1.16 bits per heavy atom. The lowest BCUT2D eigenvalue weighted by Gasteiger charge is -2.41. The molecule has 4 atom stereocenters. The zero-order valence-corrected chi connectivity index (χ0v) is 21.2. The van der Waals surface area contributed by atoms with Gasteiger partial charge >= 0.3 is 6.18 Å². The number of alkyl halides is 3. The molecule has 3 aliphatic rings. The average molecular weight is 520 g/mol. The predicted octanol–water partition coefficient (Wildman–Crippen LogP) is 4.31. The second-order valence-corrected chi connectivity index (χ2v) is 10.6. The van der Waals surface area contributed by atoms with Gasteiger partial charge in [0.05, 0.1) is 54.8 Å². The van der Waals surface area contributed by atoms with Gasteiger partial charge in [0.25, 0.3) is 0 Å². The van der Waals surface area contributed by atoms with Crippen LogP contribution >= 0.6 is 0 Å². The summed E-state index contributed by atoms with van der Waals surface area (Å²) >= 11 is 0. The first-order valence-electron chi connectivity index (χ1n) is 13.0. The average Bonchev–Trinajstić information content (AvgIpc) is 3.54. The van der Waals surface area contributed by atoms with Crippen LogP contribution in [0.2, 0.25) is 0 Å². The summed E-state index contributed by atoms with van der Waals surface area (Å²) in [6.07, 6.45) is 0.434. The molecule has 200 valence electrons. The minimum atomic E-state index is -4.65. The van der Waals surface area contributed by atoms with Crippen LogP contribution in [0.15, 0.2) is 18.3 Å². The van der Waals surface area contributed by atoms with E-state index in [0.29, 0.717) is 37.1 Å². The zero-order chi connectivity index (χ0) is 25.9. The molecule has 0 aromatic carbocycles. The van der Waals surface area contributed by atoms with Crippen molar-refractivity contribution >= 4 is 22.5 Å². The van der Waals surface area contributed by atoms with Crippen molar-refractivity contribution in [1.29, 1.82) is 0 Å². The number of nitrogens with zero attached hydrogens (tertiary/aromatic N) is 6. The van der Waals surface area contributed by atoms with E-state index < -0.39 is 11.9 Å². The quantitative estimate of drug-likeness (QED) is 0.538. The summed E-state index contributed by atoms with van der Waals surface area (Å²) in [6, 6.07) is 3.73. The number of rotatable bonds is 5. The Bertz CT molecular complexity index is 1240. The van der Waals surface area contributed by atoms with E-state index in [4.69, 9.17) is 14.5 Å². The zero-order valence-electron chi connectivity index (χ0n) is 21.2. The van der Waals surface area contributed by atoms with Gasteiger partial charge in [0.1, 0.15) is 5.82 Å². The maximum atomic E-state index is 14.4. The maximum absolute atomic E-state index is 14.4. The Morgan fingerprint density at radius 3 is 2.54 bits per heavy atom. The highest BCUT2D eigenvalue weighted by Gasteiger charge is 2.43. The third-order valence-corrected chi connectivity index (χ3v) is 7.69. The van der Waals surface area contributed by atoms with Crippen LogP contribution in [0, 0.1) is 0 Å². The fourth-order valence-electron chi connectivity index (χ4n) is 6.17. The largest absolute Gasteiger partial charge is 0.435 e. The van der Waals surface area contributed by atoms with E-state index in [9.17, 15) is 13.2 Å². The smallest absolute Gasteiger partial charge is 0.377 e. The van der Waals surface area contributed by atoms with Gasteiger partial charge in [-0.1, -0.05) is 0 Å². The van der Waals surface area contributed by atoms with Crippen molar-refractivity contribution in [2.75, 3.05) is 29.6 Å². The highest BCUT2D eigenvalue weighted by atomic mass is 19.4. The Kier molecular flexibility index (Phi) is 6.06. The fraction of sp³-hybridized carbons (Fsp3) is 0.640. The van der Waals surface area contributed by atoms with Crippen LogP contribution in [-0.4, -0.2) is 75.1 Å². The molecule has 6 rings (SSSR count). The lowest BCUT2D eigenvalue weighted by molar-refractivity contribution is -0.140. The topological polar surface area (TPSA) is 84.3 Å². The Labute approximate surface area is 212 Å². The number of hydrogen-bond acceptors (Lipinski definition) is 7. The molecule has 2 bridgehead atoms. The molecule has 0 saturated carbocycles. The molecule has 3 aromatic heterocycles. The number of aromatic amines is 1. The van der Waals surface area contributed by atoms with E-state index in [1.807, 2.05) is 26.8 Å². The molecule has 9 nitrogen and oxygen atoms in total. The van der Waals surface area contributed by atoms with Gasteiger partial charge < -0.3 is 19.3 Å². The van der Waals surface area contributed by atoms with Crippen LogP contribution in [0.4, 0.5) is 24.7 Å². The van der Waals surface area contributed by atoms with E-state index in [1.165, 1.54) is 10.9 Å². The number of ether oxygens (including phenoxy) is 2. The molecular formula is C25H32F3N7O2. The molecule has 0 aliphatic carbocycles. The van der Waals surface area contributed by atoms with Crippen molar-refractivity contribution in [1.82, 2.24) is 25.0 Å². The number of H-pyrrole nitrogens is 1. The maximum Gasteiger partial charge on any atom is 0.435 e. The van der Waals surface area contributed by atoms with Crippen molar-refractivity contribution in [3.05, 3.63) is 24.0 Å². The number of pyridine rings is 1. The number of fused-ring (bicyclic) bond motifs is 3. The van der Waals surface area contributed by atoms with Crippen LogP contribution in [0.25, 0.3) is 16.9 Å². The van der Waals surface area contributed by atoms with Crippen LogP contribution in [0.1, 0.15) is 52.1 Å². The van der Waals surface area contributed by atoms with Gasteiger partial charge in [-0.05, 0) is 46.5 Å². The first kappa shape index (κ1) is 24.5. The highest BCUT2D eigenvalue weighted by Crippen LogP contribution is 2.44. The van der Waals surface area contributed by atoms with Crippen LogP contribution in [0.5, 0.6) is 0 Å². The van der Waals surface area contributed by atoms with Gasteiger partial charge in [-0.3, -0.25) is 5.10 Å². The lowest BCUT2D eigenvalue weighted by Crippen LogP contribution is -2.47. The van der Waals surface area contributed by atoms with Gasteiger partial charge in [-0.15, -0.1) is 0 Å². The number of nitrogens with one attached hydrogen (secondary N) is 1. The monoisotopic (exact) mass is 519 g/mol. The summed E-state index contributed by atoms with van der Waals surface area (Å²) in [6.45, 7) is 7.82. The van der Waals surface area contributed by atoms with E-state index in [1.54, 1.807) is 6.07 Å². The molecule has 3 saturated heterocycles. The molecule has 3 fully saturated rings. The standard InChI is InChI=1S/C25H32F3N7O2/c1-14(2)37-18-7-9-33(15(3)10-18)19-11-21(34-16-4-5-17(34)13-36-12-16)30-24-22(19)23(25(26,27)28)32-35(24)20-6-8-29-31-20/h6,8,11,14-18H,4-5,7,9-10,12-13H2,1-3H3,(H,29,31)/t15-,16?,17?,18?/m1/s1. The Morgan fingerprint density at radius 2 is 1.92 bits per heavy atom. The molecule has 0 radical (unpaired) electrons. The van der Waals surface area contributed by atoms with Gasteiger partial charge in [-0.25, -0.2) is 4.98 Å². The van der Waals surface area contributed by atoms with E-state index in [2.05, 4.69) is 25.1 Å². The molecule has 0 amide bonds. The minimum absolute atomic E-state index is 0.0153. The van der Waals surface area contributed by atoms with Gasteiger partial charge in [-0.2, -0.15) is 28.1 Å². The summed E-state index contributed by atoms with van der Waals surface area (Å²) in [4.78, 5) is 9.15. The molecule has 3 aromatic rings. The molecule has 3 unspecified atom stereocenters. The molecule has 1 N–H and O–H groups in total. The SMILES string of the molecule is CC(C)OC1CCN(c2cc(N3C4CCC3COC4)nc3c2c(C(F)(F)F)nn3-c2ccn[nH]2)[C@H](C)C1. The highest BCUT2D eigenvalue weighted by molar-refractivity contribution is 5.95. The Hall–Kier alpha value is -2.86. The normalized spacial score (nSPS) is 26.6. The first-order chi connectivity index (χ1) is 17.7. The van der Waals surface area contributed by atoms with Gasteiger partial charge in [0.15, 0.2) is 17.2 Å². The Balaban J connectivity index is 1.53. The van der Waals surface area contributed by atoms with E-state index in [0.717, 1.165) is 25.7 Å². The molecule has 3 aliphatic heterocycles. The van der Waals surface area contributed by atoms with E-state index in [-0.39, 0.29) is 41.4 Å². The van der Waals surface area contributed by atoms with Gasteiger partial charge in [0, 0.05) is 24.7 Å². The van der Waals surface area contributed by atoms with Crippen molar-refractivity contribution < 1.29 is 22.6 Å². The fourth-order valence-corrected chi connectivity index (χ4v) is 6.17. The number of hydrogen-bond donors (Lipinski definition) is 1. The second-order valence-electron chi connectivity index (χ2n) is 10.6. The van der Waals surface area contributed by atoms with Crippen molar-refractivity contribution in [2.24, 2.45) is 0 Å². The third kappa shape index (κ3) is 4.33. The summed E-state index contributed by atoms with van der Waals surface area (Å²) < 4.78 is 56.3. The molecule has 0 spiro atoms. The molecule has 6 heterocycles. The van der Waals surface area contributed by atoms with Crippen molar-refractivity contribution in [2.45, 2.75) is 83.0 Å². The van der Waals surface area contributed by atoms with Gasteiger partial charge in [0.2, 0.25) is 0 Å². The lowest BCUT2D eigenvalue weighted by atomic mass is 9.98. The number of aromatic nitrogens is 5. The number of halogens is 3. The van der Waals surface area contributed by atoms with Crippen LogP contribution < -0.4 is 9.80 Å². The number of piperidine rings is 1. The number of anilines is 2. The summed E-state index contributed by atoms with van der Waals surface area (Å²) in [7, 11) is 0. The molecular weight excluding hydrogens is 487 g/mol. The van der Waals surface area contributed by atoms with Crippen LogP contribution in [0.3, 0.4) is 0 Å². The second kappa shape index (κ2) is 9.16. The predicted molar refractivity (Wildman–Crippen MR) is 132 cm³/mol. The van der Waals surface area contributed by atoms with Crippen molar-refractivity contribution in [3.8, 4) is 5.82 Å². The summed E-state index contributed by atoms with van der Waals surface area (Å²) in [5.41, 5.74) is -0.258. The van der Waals surface area contributed by atoms with E-state index >= 15 is 0 Å². The third-order valence-electron chi connectivity index (χ3n) is 7.69.